The van der Waals surface area contributed by atoms with Crippen LogP contribution in [0.4, 0.5) is 0 Å². The van der Waals surface area contributed by atoms with Crippen molar-refractivity contribution in [3.63, 3.8) is 0 Å². The molecule has 1 aromatic rings. The Bertz CT molecular complexity index is 461. The van der Waals surface area contributed by atoms with E-state index in [4.69, 9.17) is 5.11 Å². The summed E-state index contributed by atoms with van der Waals surface area (Å²) in [4.78, 5) is 24.8. The van der Waals surface area contributed by atoms with Crippen LogP contribution in [-0.2, 0) is 4.79 Å². The Hall–Kier alpha value is -0.920. The Labute approximate surface area is 110 Å². The van der Waals surface area contributed by atoms with Gasteiger partial charge in [0.25, 0.3) is 5.91 Å². The average molecular weight is 320 g/mol. The Balaban J connectivity index is 2.25. The van der Waals surface area contributed by atoms with Crippen LogP contribution in [0.15, 0.2) is 15.9 Å². The number of likely N-dealkylation sites (tertiary alicyclic amines) is 1. The molecule has 2 heterocycles. The van der Waals surface area contributed by atoms with E-state index in [1.807, 2.05) is 0 Å². The van der Waals surface area contributed by atoms with Gasteiger partial charge in [-0.1, -0.05) is 0 Å². The number of carbonyl (C=O) groups excluding carboxylic acids is 1. The maximum Gasteiger partial charge on any atom is 0.326 e. The number of amides is 1. The van der Waals surface area contributed by atoms with Gasteiger partial charge in [0.1, 0.15) is 10.9 Å². The van der Waals surface area contributed by atoms with Gasteiger partial charge in [0, 0.05) is 17.4 Å². The summed E-state index contributed by atoms with van der Waals surface area (Å²) >= 11 is 4.49. The Morgan fingerprint density at radius 1 is 1.53 bits per heavy atom. The zero-order valence-electron chi connectivity index (χ0n) is 8.67. The molecule has 17 heavy (non-hydrogen) atoms. The lowest BCUT2D eigenvalue weighted by Gasteiger charge is -2.20. The van der Waals surface area contributed by atoms with E-state index in [1.165, 1.54) is 16.2 Å². The van der Waals surface area contributed by atoms with Crippen LogP contribution >= 0.6 is 27.3 Å². The molecule has 0 spiro atoms. The minimum atomic E-state index is -1.08. The van der Waals surface area contributed by atoms with Gasteiger partial charge in [-0.3, -0.25) is 4.79 Å². The van der Waals surface area contributed by atoms with Crippen molar-refractivity contribution in [1.82, 2.24) is 4.90 Å². The van der Waals surface area contributed by atoms with Gasteiger partial charge in [0.2, 0.25) is 0 Å². The number of rotatable bonds is 2. The summed E-state index contributed by atoms with van der Waals surface area (Å²) in [6, 6.07) is 0.798. The Morgan fingerprint density at radius 2 is 2.24 bits per heavy atom. The maximum atomic E-state index is 12.1. The van der Waals surface area contributed by atoms with E-state index in [2.05, 4.69) is 15.9 Å². The van der Waals surface area contributed by atoms with Crippen LogP contribution in [0.5, 0.6) is 0 Å². The third-order valence-corrected chi connectivity index (χ3v) is 4.46. The maximum absolute atomic E-state index is 12.1. The number of hydrogen-bond donors (Lipinski definition) is 2. The number of thiophene rings is 1. The van der Waals surface area contributed by atoms with Crippen LogP contribution in [-0.4, -0.2) is 45.7 Å². The summed E-state index contributed by atoms with van der Waals surface area (Å²) in [5, 5.41) is 20.2. The van der Waals surface area contributed by atoms with E-state index < -0.39 is 18.1 Å². The van der Waals surface area contributed by atoms with Gasteiger partial charge in [-0.05, 0) is 27.4 Å². The van der Waals surface area contributed by atoms with Crippen molar-refractivity contribution in [3.8, 4) is 0 Å². The van der Waals surface area contributed by atoms with Crippen LogP contribution in [0.3, 0.4) is 0 Å². The smallest absolute Gasteiger partial charge is 0.326 e. The van der Waals surface area contributed by atoms with E-state index in [1.54, 1.807) is 11.4 Å². The van der Waals surface area contributed by atoms with Crippen molar-refractivity contribution in [2.24, 2.45) is 0 Å². The lowest BCUT2D eigenvalue weighted by molar-refractivity contribution is -0.141. The van der Waals surface area contributed by atoms with Gasteiger partial charge in [-0.2, -0.15) is 0 Å². The molecule has 1 aliphatic heterocycles. The second kappa shape index (κ2) is 4.75. The third-order valence-electron chi connectivity index (χ3n) is 2.64. The summed E-state index contributed by atoms with van der Waals surface area (Å²) < 4.78 is 0.651. The molecule has 2 rings (SSSR count). The van der Waals surface area contributed by atoms with Gasteiger partial charge >= 0.3 is 5.97 Å². The molecule has 1 amide bonds. The predicted octanol–water partition coefficient (Wildman–Crippen LogP) is 1.17. The highest BCUT2D eigenvalue weighted by Gasteiger charge is 2.39. The van der Waals surface area contributed by atoms with Crippen molar-refractivity contribution in [3.05, 3.63) is 20.8 Å². The first-order valence-electron chi connectivity index (χ1n) is 4.95. The highest BCUT2D eigenvalue weighted by atomic mass is 79.9. The third kappa shape index (κ3) is 2.36. The fourth-order valence-corrected chi connectivity index (χ4v) is 3.35. The number of carbonyl (C=O) groups is 2. The molecule has 5 nitrogen and oxygen atoms in total. The first-order chi connectivity index (χ1) is 8.00. The molecular weight excluding hydrogens is 310 g/mol. The minimum absolute atomic E-state index is 0.0696. The number of aliphatic hydroxyl groups excluding tert-OH is 1. The number of aliphatic carboxylic acids is 1. The molecule has 2 atom stereocenters. The summed E-state index contributed by atoms with van der Waals surface area (Å²) in [5.74, 6) is -1.43. The lowest BCUT2D eigenvalue weighted by Crippen LogP contribution is -2.40. The van der Waals surface area contributed by atoms with Gasteiger partial charge in [-0.25, -0.2) is 4.79 Å². The highest BCUT2D eigenvalue weighted by Crippen LogP contribution is 2.28. The van der Waals surface area contributed by atoms with Gasteiger partial charge < -0.3 is 15.1 Å². The molecule has 0 aromatic carbocycles. The average Bonchev–Trinajstić information content (AvgIpc) is 2.83. The molecular formula is C10H10BrNO4S. The quantitative estimate of drug-likeness (QED) is 0.857. The summed E-state index contributed by atoms with van der Waals surface area (Å²) in [5.41, 5.74) is 0. The van der Waals surface area contributed by atoms with E-state index in [0.29, 0.717) is 9.35 Å². The van der Waals surface area contributed by atoms with Crippen LogP contribution in [0.25, 0.3) is 0 Å². The number of carboxylic acids is 1. The zero-order valence-corrected chi connectivity index (χ0v) is 11.1. The molecule has 7 heteroatoms. The summed E-state index contributed by atoms with van der Waals surface area (Å²) in [7, 11) is 0. The van der Waals surface area contributed by atoms with Crippen molar-refractivity contribution in [2.75, 3.05) is 6.54 Å². The number of β-amino-alcohol motifs (C(OH)–C–C–N with tert-alkyl or cyclic N) is 1. The normalized spacial score (nSPS) is 24.0. The van der Waals surface area contributed by atoms with Gasteiger partial charge in [0.15, 0.2) is 0 Å². The van der Waals surface area contributed by atoms with Crippen LogP contribution in [0, 0.1) is 0 Å². The predicted molar refractivity (Wildman–Crippen MR) is 65.1 cm³/mol. The van der Waals surface area contributed by atoms with E-state index in [0.717, 1.165) is 0 Å². The SMILES string of the molecule is O=C(O)[C@@H]1C[C@H](O)CN1C(=O)c1sccc1Br. The molecule has 92 valence electrons. The topological polar surface area (TPSA) is 77.8 Å². The lowest BCUT2D eigenvalue weighted by atomic mass is 10.2. The fourth-order valence-electron chi connectivity index (χ4n) is 1.85. The summed E-state index contributed by atoms with van der Waals surface area (Å²) in [6.45, 7) is 0.0696. The molecule has 0 bridgehead atoms. The van der Waals surface area contributed by atoms with Gasteiger partial charge in [-0.15, -0.1) is 11.3 Å². The van der Waals surface area contributed by atoms with Crippen LogP contribution < -0.4 is 0 Å². The van der Waals surface area contributed by atoms with Crippen LogP contribution in [0.1, 0.15) is 16.1 Å². The number of aliphatic hydroxyl groups is 1. The largest absolute Gasteiger partial charge is 0.480 e. The van der Waals surface area contributed by atoms with E-state index in [-0.39, 0.29) is 18.9 Å². The molecule has 2 N–H and O–H groups in total. The Kier molecular flexibility index (Phi) is 3.50. The molecule has 0 unspecified atom stereocenters. The number of carboxylic acid groups (broad SMARTS) is 1. The standard InChI is InChI=1S/C10H10BrNO4S/c11-6-1-2-17-8(6)9(14)12-4-5(13)3-7(12)10(15)16/h1-2,5,7,13H,3-4H2,(H,15,16)/t5-,7-/m0/s1. The molecule has 1 saturated heterocycles. The molecule has 1 aliphatic rings. The second-order valence-corrected chi connectivity index (χ2v) is 5.57. The molecule has 1 aromatic heterocycles. The summed E-state index contributed by atoms with van der Waals surface area (Å²) in [6.07, 6.45) is -0.678. The Morgan fingerprint density at radius 3 is 2.76 bits per heavy atom. The van der Waals surface area contributed by atoms with Crippen molar-refractivity contribution in [1.29, 1.82) is 0 Å². The first kappa shape index (κ1) is 12.5. The second-order valence-electron chi connectivity index (χ2n) is 3.80. The fraction of sp³-hybridized carbons (Fsp3) is 0.400. The van der Waals surface area contributed by atoms with E-state index >= 15 is 0 Å². The number of nitrogens with zero attached hydrogens (tertiary/aromatic N) is 1. The van der Waals surface area contributed by atoms with Crippen molar-refractivity contribution < 1.29 is 19.8 Å². The minimum Gasteiger partial charge on any atom is -0.480 e. The number of hydrogen-bond acceptors (Lipinski definition) is 4. The first-order valence-corrected chi connectivity index (χ1v) is 6.62. The zero-order chi connectivity index (χ0) is 12.6. The van der Waals surface area contributed by atoms with Crippen LogP contribution in [0.2, 0.25) is 0 Å². The van der Waals surface area contributed by atoms with Gasteiger partial charge in [0.05, 0.1) is 6.10 Å². The highest BCUT2D eigenvalue weighted by molar-refractivity contribution is 9.10. The monoisotopic (exact) mass is 319 g/mol. The molecule has 0 aliphatic carbocycles. The van der Waals surface area contributed by atoms with E-state index in [9.17, 15) is 14.7 Å². The van der Waals surface area contributed by atoms with Crippen molar-refractivity contribution >= 4 is 39.1 Å². The molecule has 1 fully saturated rings. The number of halogens is 1. The van der Waals surface area contributed by atoms with Crippen molar-refractivity contribution in [2.45, 2.75) is 18.6 Å². The molecule has 0 saturated carbocycles. The molecule has 0 radical (unpaired) electrons.